The third-order valence-electron chi connectivity index (χ3n) is 3.80. The molecule has 0 unspecified atom stereocenters. The zero-order valence-corrected chi connectivity index (χ0v) is 12.6. The fraction of sp³-hybridized carbons (Fsp3) is 0.167. The Balaban J connectivity index is 2.35. The number of hydrogen-bond acceptors (Lipinski definition) is 1. The van der Waals surface area contributed by atoms with E-state index >= 15 is 0 Å². The Morgan fingerprint density at radius 2 is 1.60 bits per heavy atom. The number of hydrogen-bond donors (Lipinski definition) is 0. The molecule has 0 spiro atoms. The smallest absolute Gasteiger partial charge is 0.0711 e. The number of pyridine rings is 1. The van der Waals surface area contributed by atoms with Crippen molar-refractivity contribution >= 4 is 22.5 Å². The fourth-order valence-electron chi connectivity index (χ4n) is 2.73. The summed E-state index contributed by atoms with van der Waals surface area (Å²) >= 11 is 6.53. The van der Waals surface area contributed by atoms with E-state index < -0.39 is 0 Å². The van der Waals surface area contributed by atoms with E-state index in [0.29, 0.717) is 0 Å². The Morgan fingerprint density at radius 3 is 2.30 bits per heavy atom. The van der Waals surface area contributed by atoms with Crippen molar-refractivity contribution in [2.24, 2.45) is 0 Å². The van der Waals surface area contributed by atoms with Crippen molar-refractivity contribution in [2.75, 3.05) is 0 Å². The third-order valence-corrected chi connectivity index (χ3v) is 4.11. The maximum atomic E-state index is 6.53. The molecule has 0 atom stereocenters. The Bertz CT molecular complexity index is 786. The maximum absolute atomic E-state index is 6.53. The van der Waals surface area contributed by atoms with Crippen molar-refractivity contribution < 1.29 is 0 Å². The summed E-state index contributed by atoms with van der Waals surface area (Å²) < 4.78 is 0. The molecule has 1 aromatic heterocycles. The van der Waals surface area contributed by atoms with E-state index in [1.165, 1.54) is 22.3 Å². The SMILES string of the molecule is Cc1cccc(C)c1-c1cc2nccc(C)c2cc1Cl. The molecule has 3 aromatic rings. The summed E-state index contributed by atoms with van der Waals surface area (Å²) in [6, 6.07) is 12.4. The molecular weight excluding hydrogens is 266 g/mol. The highest BCUT2D eigenvalue weighted by Crippen LogP contribution is 2.36. The molecule has 0 saturated heterocycles. The number of benzene rings is 2. The Hall–Kier alpha value is -1.86. The topological polar surface area (TPSA) is 12.9 Å². The molecule has 0 aliphatic rings. The Kier molecular flexibility index (Phi) is 3.23. The lowest BCUT2D eigenvalue weighted by Crippen LogP contribution is -1.91. The molecular formula is C18H16ClN. The van der Waals surface area contributed by atoms with Gasteiger partial charge in [0.05, 0.1) is 5.52 Å². The number of nitrogens with zero attached hydrogens (tertiary/aromatic N) is 1. The van der Waals surface area contributed by atoms with Gasteiger partial charge in [0.25, 0.3) is 0 Å². The molecule has 0 fully saturated rings. The second-order valence-electron chi connectivity index (χ2n) is 5.24. The lowest BCUT2D eigenvalue weighted by molar-refractivity contribution is 1.35. The normalized spacial score (nSPS) is 11.0. The molecule has 2 aromatic carbocycles. The molecule has 0 aliphatic heterocycles. The van der Waals surface area contributed by atoms with E-state index in [-0.39, 0.29) is 0 Å². The van der Waals surface area contributed by atoms with Crippen LogP contribution in [0.3, 0.4) is 0 Å². The largest absolute Gasteiger partial charge is 0.256 e. The highest BCUT2D eigenvalue weighted by molar-refractivity contribution is 6.34. The molecule has 0 radical (unpaired) electrons. The highest BCUT2D eigenvalue weighted by atomic mass is 35.5. The summed E-state index contributed by atoms with van der Waals surface area (Å²) in [7, 11) is 0. The van der Waals surface area contributed by atoms with Gasteiger partial charge >= 0.3 is 0 Å². The Labute approximate surface area is 124 Å². The lowest BCUT2D eigenvalue weighted by atomic mass is 9.94. The molecule has 100 valence electrons. The van der Waals surface area contributed by atoms with Gasteiger partial charge in [0.1, 0.15) is 0 Å². The number of aryl methyl sites for hydroxylation is 3. The molecule has 0 bridgehead atoms. The second-order valence-corrected chi connectivity index (χ2v) is 5.65. The van der Waals surface area contributed by atoms with Crippen LogP contribution in [0.15, 0.2) is 42.6 Å². The van der Waals surface area contributed by atoms with Gasteiger partial charge < -0.3 is 0 Å². The molecule has 0 saturated carbocycles. The van der Waals surface area contributed by atoms with Crippen molar-refractivity contribution in [2.45, 2.75) is 20.8 Å². The minimum absolute atomic E-state index is 0.783. The van der Waals surface area contributed by atoms with Gasteiger partial charge in [-0.05, 0) is 61.2 Å². The average molecular weight is 282 g/mol. The minimum atomic E-state index is 0.783. The van der Waals surface area contributed by atoms with Crippen LogP contribution in [0.5, 0.6) is 0 Å². The molecule has 0 N–H and O–H groups in total. The van der Waals surface area contributed by atoms with E-state index in [1.54, 1.807) is 0 Å². The summed E-state index contributed by atoms with van der Waals surface area (Å²) in [6.07, 6.45) is 1.85. The van der Waals surface area contributed by atoms with Gasteiger partial charge in [0.15, 0.2) is 0 Å². The number of aromatic nitrogens is 1. The molecule has 0 amide bonds. The van der Waals surface area contributed by atoms with Crippen LogP contribution in [0.1, 0.15) is 16.7 Å². The van der Waals surface area contributed by atoms with Gasteiger partial charge in [-0.2, -0.15) is 0 Å². The van der Waals surface area contributed by atoms with Gasteiger partial charge in [-0.25, -0.2) is 0 Å². The maximum Gasteiger partial charge on any atom is 0.0711 e. The van der Waals surface area contributed by atoms with E-state index in [9.17, 15) is 0 Å². The van der Waals surface area contributed by atoms with Crippen molar-refractivity contribution in [3.05, 3.63) is 64.3 Å². The van der Waals surface area contributed by atoms with E-state index in [0.717, 1.165) is 21.5 Å². The van der Waals surface area contributed by atoms with Gasteiger partial charge in [0, 0.05) is 22.2 Å². The van der Waals surface area contributed by atoms with Crippen LogP contribution in [0, 0.1) is 20.8 Å². The van der Waals surface area contributed by atoms with Gasteiger partial charge in [0.2, 0.25) is 0 Å². The van der Waals surface area contributed by atoms with Crippen LogP contribution in [0.25, 0.3) is 22.0 Å². The summed E-state index contributed by atoms with van der Waals surface area (Å²) in [5.41, 5.74) is 6.94. The van der Waals surface area contributed by atoms with Crippen molar-refractivity contribution in [3.8, 4) is 11.1 Å². The summed E-state index contributed by atoms with van der Waals surface area (Å²) in [4.78, 5) is 4.47. The van der Waals surface area contributed by atoms with Gasteiger partial charge in [-0.3, -0.25) is 4.98 Å². The first-order valence-electron chi connectivity index (χ1n) is 6.69. The molecule has 1 heterocycles. The monoisotopic (exact) mass is 281 g/mol. The van der Waals surface area contributed by atoms with E-state index in [4.69, 9.17) is 11.6 Å². The first-order chi connectivity index (χ1) is 9.58. The molecule has 3 rings (SSSR count). The van der Waals surface area contributed by atoms with Crippen LogP contribution in [-0.2, 0) is 0 Å². The highest BCUT2D eigenvalue weighted by Gasteiger charge is 2.11. The summed E-state index contributed by atoms with van der Waals surface area (Å²) in [6.45, 7) is 6.32. The number of halogens is 1. The predicted molar refractivity (Wildman–Crippen MR) is 86.4 cm³/mol. The van der Waals surface area contributed by atoms with E-state index in [2.05, 4.69) is 50.0 Å². The van der Waals surface area contributed by atoms with Gasteiger partial charge in [-0.1, -0.05) is 29.8 Å². The second kappa shape index (κ2) is 4.92. The first kappa shape index (κ1) is 13.1. The number of rotatable bonds is 1. The van der Waals surface area contributed by atoms with Crippen molar-refractivity contribution in [1.82, 2.24) is 4.98 Å². The molecule has 2 heteroatoms. The standard InChI is InChI=1S/C18H16ClN/c1-11-7-8-20-17-10-15(16(19)9-14(11)17)18-12(2)5-4-6-13(18)3/h4-10H,1-3H3. The Morgan fingerprint density at radius 1 is 0.900 bits per heavy atom. The zero-order chi connectivity index (χ0) is 14.3. The van der Waals surface area contributed by atoms with Crippen LogP contribution in [0.2, 0.25) is 5.02 Å². The fourth-order valence-corrected chi connectivity index (χ4v) is 2.99. The summed E-state index contributed by atoms with van der Waals surface area (Å²) in [5, 5.41) is 1.90. The van der Waals surface area contributed by atoms with Crippen molar-refractivity contribution in [1.29, 1.82) is 0 Å². The lowest BCUT2D eigenvalue weighted by Gasteiger charge is -2.13. The van der Waals surface area contributed by atoms with Crippen LogP contribution >= 0.6 is 11.6 Å². The van der Waals surface area contributed by atoms with Crippen LogP contribution in [0.4, 0.5) is 0 Å². The van der Waals surface area contributed by atoms with Gasteiger partial charge in [-0.15, -0.1) is 0 Å². The third kappa shape index (κ3) is 2.08. The molecule has 1 nitrogen and oxygen atoms in total. The molecule has 0 aliphatic carbocycles. The number of fused-ring (bicyclic) bond motifs is 1. The quantitative estimate of drug-likeness (QED) is 0.575. The van der Waals surface area contributed by atoms with Crippen LogP contribution < -0.4 is 0 Å². The average Bonchev–Trinajstić information content (AvgIpc) is 2.40. The van der Waals surface area contributed by atoms with E-state index in [1.807, 2.05) is 18.3 Å². The first-order valence-corrected chi connectivity index (χ1v) is 7.07. The predicted octanol–water partition coefficient (Wildman–Crippen LogP) is 5.48. The minimum Gasteiger partial charge on any atom is -0.256 e. The van der Waals surface area contributed by atoms with Crippen LogP contribution in [-0.4, -0.2) is 4.98 Å². The van der Waals surface area contributed by atoms with Crippen molar-refractivity contribution in [3.63, 3.8) is 0 Å². The summed E-state index contributed by atoms with van der Waals surface area (Å²) in [5.74, 6) is 0. The zero-order valence-electron chi connectivity index (χ0n) is 11.9. The molecule has 20 heavy (non-hydrogen) atoms.